The highest BCUT2D eigenvalue weighted by atomic mass is 16.4. The van der Waals surface area contributed by atoms with Gasteiger partial charge in [0.25, 0.3) is 0 Å². The number of para-hydroxylation sites is 1. The molecule has 0 aliphatic rings. The second kappa shape index (κ2) is 9.14. The minimum atomic E-state index is -1.26. The Morgan fingerprint density at radius 3 is 2.37 bits per heavy atom. The molecule has 0 amide bonds. The van der Waals surface area contributed by atoms with Crippen LogP contribution in [-0.4, -0.2) is 37.9 Å². The molecule has 3 rings (SSSR count). The summed E-state index contributed by atoms with van der Waals surface area (Å²) in [6.07, 6.45) is 3.80. The fourth-order valence-electron chi connectivity index (χ4n) is 2.26. The van der Waals surface area contributed by atoms with E-state index in [9.17, 15) is 14.4 Å². The van der Waals surface area contributed by atoms with Gasteiger partial charge in [0.15, 0.2) is 11.5 Å². The van der Waals surface area contributed by atoms with E-state index in [1.54, 1.807) is 12.4 Å². The topological polar surface area (TPSA) is 133 Å². The molecule has 0 fully saturated rings. The van der Waals surface area contributed by atoms with Crippen LogP contribution >= 0.6 is 0 Å². The average molecular weight is 370 g/mol. The Labute approximate surface area is 154 Å². The lowest BCUT2D eigenvalue weighted by Crippen LogP contribution is -2.00. The number of imidazole rings is 1. The van der Waals surface area contributed by atoms with Crippen molar-refractivity contribution < 1.29 is 29.0 Å². The molecule has 0 aliphatic heterocycles. The number of ketones is 1. The van der Waals surface area contributed by atoms with Crippen LogP contribution in [0.2, 0.25) is 0 Å². The normalized spacial score (nSPS) is 10.6. The lowest BCUT2D eigenvalue weighted by atomic mass is 10.1. The molecule has 0 unspecified atom stereocenters. The number of furan rings is 1. The van der Waals surface area contributed by atoms with E-state index >= 15 is 0 Å². The third kappa shape index (κ3) is 5.96. The van der Waals surface area contributed by atoms with Crippen LogP contribution < -0.4 is 0 Å². The lowest BCUT2D eigenvalue weighted by molar-refractivity contribution is -0.134. The van der Waals surface area contributed by atoms with Gasteiger partial charge >= 0.3 is 11.9 Å². The number of Topliss-reactive ketones (excluding diaryl/α,β-unsaturated/α-hetero) is 1. The Bertz CT molecular complexity index is 934. The zero-order valence-corrected chi connectivity index (χ0v) is 14.5. The number of aryl methyl sites for hydroxylation is 2. The van der Waals surface area contributed by atoms with Gasteiger partial charge in [-0.1, -0.05) is 18.2 Å². The fraction of sp³-hybridized carbons (Fsp3) is 0.158. The first kappa shape index (κ1) is 19.6. The number of hydrogen-bond donors (Lipinski definition) is 3. The summed E-state index contributed by atoms with van der Waals surface area (Å²) in [4.78, 5) is 38.4. The van der Waals surface area contributed by atoms with Gasteiger partial charge in [-0.25, -0.2) is 14.6 Å². The maximum atomic E-state index is 12.1. The maximum absolute atomic E-state index is 12.1. The Hall–Kier alpha value is -3.68. The molecule has 0 saturated heterocycles. The number of carboxylic acid groups (broad SMARTS) is 2. The van der Waals surface area contributed by atoms with Gasteiger partial charge in [0, 0.05) is 29.7 Å². The van der Waals surface area contributed by atoms with Crippen molar-refractivity contribution in [3.05, 3.63) is 66.0 Å². The van der Waals surface area contributed by atoms with Crippen molar-refractivity contribution in [2.24, 2.45) is 0 Å². The molecular formula is C19H18N2O6. The van der Waals surface area contributed by atoms with Crippen LogP contribution in [0.15, 0.2) is 53.2 Å². The van der Waals surface area contributed by atoms with Crippen LogP contribution in [0.25, 0.3) is 11.0 Å². The molecule has 0 radical (unpaired) electrons. The van der Waals surface area contributed by atoms with Crippen molar-refractivity contribution in [2.75, 3.05) is 0 Å². The van der Waals surface area contributed by atoms with Crippen LogP contribution in [0.3, 0.4) is 0 Å². The molecule has 140 valence electrons. The number of aromatic nitrogens is 2. The number of fused-ring (bicyclic) bond motifs is 1. The Morgan fingerprint density at radius 1 is 1.15 bits per heavy atom. The number of H-pyrrole nitrogens is 1. The third-order valence-electron chi connectivity index (χ3n) is 3.59. The monoisotopic (exact) mass is 370 g/mol. The van der Waals surface area contributed by atoms with Gasteiger partial charge in [0.1, 0.15) is 5.58 Å². The Morgan fingerprint density at radius 2 is 1.81 bits per heavy atom. The van der Waals surface area contributed by atoms with Crippen molar-refractivity contribution in [1.29, 1.82) is 0 Å². The number of nitrogens with zero attached hydrogens (tertiary/aromatic N) is 1. The summed E-state index contributed by atoms with van der Waals surface area (Å²) in [6, 6.07) is 9.43. The van der Waals surface area contributed by atoms with E-state index in [4.69, 9.17) is 14.6 Å². The largest absolute Gasteiger partial charge is 0.478 e. The summed E-state index contributed by atoms with van der Waals surface area (Å²) < 4.78 is 5.55. The minimum absolute atomic E-state index is 0.0126. The Kier molecular flexibility index (Phi) is 6.65. The molecule has 0 aliphatic carbocycles. The number of nitrogens with one attached hydrogen (secondary N) is 1. The van der Waals surface area contributed by atoms with Gasteiger partial charge in [-0.3, -0.25) is 4.79 Å². The third-order valence-corrected chi connectivity index (χ3v) is 3.59. The van der Waals surface area contributed by atoms with Crippen molar-refractivity contribution in [1.82, 2.24) is 9.97 Å². The number of aliphatic carboxylic acids is 2. The van der Waals surface area contributed by atoms with Crippen molar-refractivity contribution >= 4 is 28.7 Å². The molecule has 0 saturated carbocycles. The lowest BCUT2D eigenvalue weighted by Gasteiger charge is -1.97. The second-order valence-electron chi connectivity index (χ2n) is 5.56. The molecule has 2 heterocycles. The maximum Gasteiger partial charge on any atom is 0.328 e. The predicted molar refractivity (Wildman–Crippen MR) is 96.6 cm³/mol. The Balaban J connectivity index is 0.000000279. The van der Waals surface area contributed by atoms with E-state index in [0.717, 1.165) is 22.4 Å². The first-order chi connectivity index (χ1) is 12.9. The predicted octanol–water partition coefficient (Wildman–Crippen LogP) is 2.99. The van der Waals surface area contributed by atoms with E-state index < -0.39 is 11.9 Å². The molecule has 0 spiro atoms. The molecule has 27 heavy (non-hydrogen) atoms. The van der Waals surface area contributed by atoms with Gasteiger partial charge in [0.2, 0.25) is 0 Å². The van der Waals surface area contributed by atoms with E-state index in [-0.39, 0.29) is 5.78 Å². The molecule has 0 bridgehead atoms. The first-order valence-electron chi connectivity index (χ1n) is 8.01. The quantitative estimate of drug-likeness (QED) is 0.448. The number of rotatable bonds is 6. The van der Waals surface area contributed by atoms with Gasteiger partial charge in [-0.2, -0.15) is 0 Å². The number of carbonyl (C=O) groups excluding carboxylic acids is 1. The van der Waals surface area contributed by atoms with Crippen molar-refractivity contribution in [3.63, 3.8) is 0 Å². The van der Waals surface area contributed by atoms with E-state index in [2.05, 4.69) is 9.97 Å². The van der Waals surface area contributed by atoms with Gasteiger partial charge in [0.05, 0.1) is 12.0 Å². The summed E-state index contributed by atoms with van der Waals surface area (Å²) >= 11 is 0. The second-order valence-corrected chi connectivity index (χ2v) is 5.56. The molecule has 8 heteroatoms. The zero-order chi connectivity index (χ0) is 19.8. The highest BCUT2D eigenvalue weighted by molar-refractivity contribution is 5.97. The molecule has 0 atom stereocenters. The standard InChI is InChI=1S/C15H14N2O2.C4H4O4/c1-10-12(17-9-16-10)6-7-13(18)15-8-11-4-2-3-5-14(11)19-15;5-3(6)1-2-4(7)8/h2-5,8-9H,6-7H2,1H3,(H,16,17);1-2H,(H,5,6)(H,7,8). The van der Waals surface area contributed by atoms with Crippen LogP contribution in [0.4, 0.5) is 0 Å². The average Bonchev–Trinajstić information content (AvgIpc) is 3.24. The first-order valence-corrected chi connectivity index (χ1v) is 8.01. The van der Waals surface area contributed by atoms with Crippen LogP contribution in [0.5, 0.6) is 0 Å². The summed E-state index contributed by atoms with van der Waals surface area (Å²) in [5.74, 6) is -2.08. The highest BCUT2D eigenvalue weighted by Crippen LogP contribution is 2.20. The number of carboxylic acids is 2. The molecule has 3 N–H and O–H groups in total. The van der Waals surface area contributed by atoms with Crippen LogP contribution in [0.1, 0.15) is 28.4 Å². The van der Waals surface area contributed by atoms with Crippen molar-refractivity contribution in [2.45, 2.75) is 19.8 Å². The smallest absolute Gasteiger partial charge is 0.328 e. The van der Waals surface area contributed by atoms with E-state index in [1.807, 2.05) is 31.2 Å². The molecule has 2 aromatic heterocycles. The van der Waals surface area contributed by atoms with E-state index in [1.165, 1.54) is 0 Å². The minimum Gasteiger partial charge on any atom is -0.478 e. The van der Waals surface area contributed by atoms with Crippen molar-refractivity contribution in [3.8, 4) is 0 Å². The highest BCUT2D eigenvalue weighted by Gasteiger charge is 2.13. The number of carbonyl (C=O) groups is 3. The summed E-state index contributed by atoms with van der Waals surface area (Å²) in [7, 11) is 0. The van der Waals surface area contributed by atoms with E-state index in [0.29, 0.717) is 30.8 Å². The zero-order valence-electron chi connectivity index (χ0n) is 14.5. The molecular weight excluding hydrogens is 352 g/mol. The number of benzene rings is 1. The molecule has 8 nitrogen and oxygen atoms in total. The van der Waals surface area contributed by atoms with Crippen LogP contribution in [0, 0.1) is 6.92 Å². The number of hydrogen-bond acceptors (Lipinski definition) is 5. The summed E-state index contributed by atoms with van der Waals surface area (Å²) in [6.45, 7) is 1.95. The van der Waals surface area contributed by atoms with Gasteiger partial charge < -0.3 is 19.6 Å². The SMILES string of the molecule is Cc1[nH]cnc1CCC(=O)c1cc2ccccc2o1.O=C(O)C=CC(=O)O. The summed E-state index contributed by atoms with van der Waals surface area (Å²) in [5, 5.41) is 16.6. The molecule has 3 aromatic rings. The summed E-state index contributed by atoms with van der Waals surface area (Å²) in [5.41, 5.74) is 2.70. The van der Waals surface area contributed by atoms with Gasteiger partial charge in [-0.05, 0) is 25.5 Å². The van der Waals surface area contributed by atoms with Crippen LogP contribution in [-0.2, 0) is 16.0 Å². The number of aromatic amines is 1. The fourth-order valence-corrected chi connectivity index (χ4v) is 2.26. The van der Waals surface area contributed by atoms with Gasteiger partial charge in [-0.15, -0.1) is 0 Å². The molecule has 1 aromatic carbocycles.